The van der Waals surface area contributed by atoms with E-state index in [-0.39, 0.29) is 29.4 Å². The largest absolute Gasteiger partial charge is 0.476 e. The van der Waals surface area contributed by atoms with E-state index >= 15 is 0 Å². The number of nitriles is 1. The molecule has 3 aromatic carbocycles. The molecule has 0 bridgehead atoms. The molecular weight excluding hydrogens is 446 g/mol. The third kappa shape index (κ3) is 6.98. The SMILES string of the molecule is N#CCOc1cc(NC(=S)NCCc2ccc(F)cc2)ccc1NC(=O)c1ccccc1F. The van der Waals surface area contributed by atoms with Crippen LogP contribution >= 0.6 is 12.2 Å². The zero-order valence-corrected chi connectivity index (χ0v) is 18.2. The number of nitrogens with one attached hydrogen (secondary N) is 3. The second-order valence-corrected chi connectivity index (χ2v) is 7.26. The minimum absolute atomic E-state index is 0.113. The fourth-order valence-electron chi connectivity index (χ4n) is 2.91. The standard InChI is InChI=1S/C24H20F2N4O2S/c25-17-7-5-16(6-8-17)11-13-28-24(33)29-18-9-10-21(22(15-18)32-14-12-27)30-23(31)19-3-1-2-4-20(19)26/h1-10,15H,11,13-14H2,(H,30,31)(H2,28,29,33). The summed E-state index contributed by atoms with van der Waals surface area (Å²) in [5, 5.41) is 17.9. The fourth-order valence-corrected chi connectivity index (χ4v) is 3.13. The highest BCUT2D eigenvalue weighted by atomic mass is 32.1. The molecule has 0 fully saturated rings. The summed E-state index contributed by atoms with van der Waals surface area (Å²) in [5.74, 6) is -1.36. The molecule has 0 aliphatic heterocycles. The van der Waals surface area contributed by atoms with E-state index in [0.29, 0.717) is 23.8 Å². The minimum atomic E-state index is -0.648. The van der Waals surface area contributed by atoms with Crippen LogP contribution in [0.2, 0.25) is 0 Å². The second-order valence-electron chi connectivity index (χ2n) is 6.85. The van der Waals surface area contributed by atoms with Crippen LogP contribution in [0.1, 0.15) is 15.9 Å². The van der Waals surface area contributed by atoms with Crippen LogP contribution in [0, 0.1) is 23.0 Å². The molecular formula is C24H20F2N4O2S. The number of rotatable bonds is 8. The zero-order chi connectivity index (χ0) is 23.6. The first-order chi connectivity index (χ1) is 16.0. The van der Waals surface area contributed by atoms with Gasteiger partial charge in [-0.25, -0.2) is 8.78 Å². The maximum atomic E-state index is 13.9. The molecule has 9 heteroatoms. The number of carbonyl (C=O) groups excluding carboxylic acids is 1. The topological polar surface area (TPSA) is 86.2 Å². The van der Waals surface area contributed by atoms with Crippen molar-refractivity contribution in [2.75, 3.05) is 23.8 Å². The lowest BCUT2D eigenvalue weighted by molar-refractivity contribution is 0.102. The Morgan fingerprint density at radius 1 is 1.03 bits per heavy atom. The van der Waals surface area contributed by atoms with Crippen LogP contribution in [0.5, 0.6) is 5.75 Å². The van der Waals surface area contributed by atoms with Crippen molar-refractivity contribution in [3.8, 4) is 11.8 Å². The van der Waals surface area contributed by atoms with E-state index < -0.39 is 11.7 Å². The van der Waals surface area contributed by atoms with Crippen LogP contribution in [0.3, 0.4) is 0 Å². The lowest BCUT2D eigenvalue weighted by atomic mass is 10.1. The van der Waals surface area contributed by atoms with Crippen LogP contribution in [0.25, 0.3) is 0 Å². The Morgan fingerprint density at radius 3 is 2.52 bits per heavy atom. The normalized spacial score (nSPS) is 10.1. The summed E-state index contributed by atoms with van der Waals surface area (Å²) in [5.41, 5.74) is 1.69. The first-order valence-corrected chi connectivity index (χ1v) is 10.4. The molecule has 0 radical (unpaired) electrons. The zero-order valence-electron chi connectivity index (χ0n) is 17.4. The molecule has 0 aromatic heterocycles. The number of amides is 1. The Labute approximate surface area is 195 Å². The monoisotopic (exact) mass is 466 g/mol. The van der Waals surface area contributed by atoms with Crippen molar-refractivity contribution in [1.29, 1.82) is 5.26 Å². The van der Waals surface area contributed by atoms with E-state index in [0.717, 1.165) is 5.56 Å². The summed E-state index contributed by atoms with van der Waals surface area (Å²) in [7, 11) is 0. The molecule has 3 N–H and O–H groups in total. The number of nitrogens with zero attached hydrogens (tertiary/aromatic N) is 1. The molecule has 3 rings (SSSR count). The van der Waals surface area contributed by atoms with Gasteiger partial charge in [-0.15, -0.1) is 0 Å². The van der Waals surface area contributed by atoms with Gasteiger partial charge < -0.3 is 20.7 Å². The Morgan fingerprint density at radius 2 is 1.79 bits per heavy atom. The summed E-state index contributed by atoms with van der Waals surface area (Å²) in [4.78, 5) is 12.4. The molecule has 168 valence electrons. The van der Waals surface area contributed by atoms with Gasteiger partial charge >= 0.3 is 0 Å². The highest BCUT2D eigenvalue weighted by Gasteiger charge is 2.14. The van der Waals surface area contributed by atoms with Crippen molar-refractivity contribution in [3.63, 3.8) is 0 Å². The number of anilines is 2. The van der Waals surface area contributed by atoms with Crippen LogP contribution in [-0.2, 0) is 6.42 Å². The van der Waals surface area contributed by atoms with Crippen molar-refractivity contribution < 1.29 is 18.3 Å². The molecule has 3 aromatic rings. The van der Waals surface area contributed by atoms with Crippen molar-refractivity contribution in [2.24, 2.45) is 0 Å². The van der Waals surface area contributed by atoms with Gasteiger partial charge in [0, 0.05) is 18.3 Å². The predicted octanol–water partition coefficient (Wildman–Crippen LogP) is 4.65. The molecule has 0 saturated carbocycles. The first kappa shape index (κ1) is 23.6. The number of halogens is 2. The highest BCUT2D eigenvalue weighted by molar-refractivity contribution is 7.80. The fraction of sp³-hybridized carbons (Fsp3) is 0.125. The third-order valence-corrected chi connectivity index (χ3v) is 4.76. The lowest BCUT2D eigenvalue weighted by Crippen LogP contribution is -2.30. The van der Waals surface area contributed by atoms with Crippen molar-refractivity contribution in [2.45, 2.75) is 6.42 Å². The maximum absolute atomic E-state index is 13.9. The Balaban J connectivity index is 1.63. The smallest absolute Gasteiger partial charge is 0.258 e. The van der Waals surface area contributed by atoms with E-state index in [1.807, 2.05) is 6.07 Å². The molecule has 33 heavy (non-hydrogen) atoms. The summed E-state index contributed by atoms with van der Waals surface area (Å²) < 4.78 is 32.3. The minimum Gasteiger partial charge on any atom is -0.476 e. The van der Waals surface area contributed by atoms with E-state index in [4.69, 9.17) is 22.2 Å². The van der Waals surface area contributed by atoms with E-state index in [2.05, 4.69) is 16.0 Å². The number of carbonyl (C=O) groups is 1. The number of ether oxygens (including phenoxy) is 1. The molecule has 0 heterocycles. The molecule has 0 saturated heterocycles. The third-order valence-electron chi connectivity index (χ3n) is 4.51. The summed E-state index contributed by atoms with van der Waals surface area (Å²) >= 11 is 5.30. The van der Waals surface area contributed by atoms with Gasteiger partial charge in [-0.3, -0.25) is 4.79 Å². The summed E-state index contributed by atoms with van der Waals surface area (Å²) in [6.07, 6.45) is 0.652. The van der Waals surface area contributed by atoms with Gasteiger partial charge in [0.15, 0.2) is 11.7 Å². The number of hydrogen-bond donors (Lipinski definition) is 3. The van der Waals surface area contributed by atoms with E-state index in [1.54, 1.807) is 36.4 Å². The molecule has 0 atom stereocenters. The molecule has 0 aliphatic carbocycles. The Kier molecular flexibility index (Phi) is 8.27. The summed E-state index contributed by atoms with van der Waals surface area (Å²) in [6, 6.07) is 18.5. The number of thiocarbonyl (C=S) groups is 1. The van der Waals surface area contributed by atoms with Crippen molar-refractivity contribution in [3.05, 3.63) is 89.5 Å². The van der Waals surface area contributed by atoms with Gasteiger partial charge in [0.25, 0.3) is 5.91 Å². The van der Waals surface area contributed by atoms with Gasteiger partial charge in [0.2, 0.25) is 0 Å². The predicted molar refractivity (Wildman–Crippen MR) is 126 cm³/mol. The quantitative estimate of drug-likeness (QED) is 0.419. The summed E-state index contributed by atoms with van der Waals surface area (Å²) in [6.45, 7) is 0.290. The van der Waals surface area contributed by atoms with Gasteiger partial charge in [0.05, 0.1) is 11.3 Å². The van der Waals surface area contributed by atoms with Crippen LogP contribution in [-0.4, -0.2) is 24.2 Å². The lowest BCUT2D eigenvalue weighted by Gasteiger charge is -2.15. The van der Waals surface area contributed by atoms with Crippen LogP contribution in [0.4, 0.5) is 20.2 Å². The maximum Gasteiger partial charge on any atom is 0.258 e. The second kappa shape index (κ2) is 11.5. The van der Waals surface area contributed by atoms with Gasteiger partial charge in [0.1, 0.15) is 23.5 Å². The van der Waals surface area contributed by atoms with E-state index in [9.17, 15) is 13.6 Å². The number of benzene rings is 3. The van der Waals surface area contributed by atoms with Gasteiger partial charge in [-0.1, -0.05) is 24.3 Å². The Bertz CT molecular complexity index is 1180. The van der Waals surface area contributed by atoms with Crippen LogP contribution in [0.15, 0.2) is 66.7 Å². The number of hydrogen-bond acceptors (Lipinski definition) is 4. The molecule has 6 nitrogen and oxygen atoms in total. The van der Waals surface area contributed by atoms with E-state index in [1.165, 1.54) is 30.3 Å². The van der Waals surface area contributed by atoms with Gasteiger partial charge in [-0.2, -0.15) is 5.26 Å². The van der Waals surface area contributed by atoms with Gasteiger partial charge in [-0.05, 0) is 60.6 Å². The average Bonchev–Trinajstić information content (AvgIpc) is 2.80. The molecule has 0 spiro atoms. The average molecular weight is 467 g/mol. The first-order valence-electron chi connectivity index (χ1n) is 9.95. The molecule has 1 amide bonds. The highest BCUT2D eigenvalue weighted by Crippen LogP contribution is 2.29. The Hall–Kier alpha value is -4.03. The molecule has 0 unspecified atom stereocenters. The van der Waals surface area contributed by atoms with Crippen molar-refractivity contribution in [1.82, 2.24) is 5.32 Å². The van der Waals surface area contributed by atoms with Crippen LogP contribution < -0.4 is 20.7 Å². The molecule has 0 aliphatic rings. The van der Waals surface area contributed by atoms with Crippen molar-refractivity contribution >= 4 is 34.6 Å².